The lowest BCUT2D eigenvalue weighted by atomic mass is 9.81. The number of benzene rings is 1. The number of amides is 1. The van der Waals surface area contributed by atoms with Crippen molar-refractivity contribution in [2.75, 3.05) is 5.73 Å². The van der Waals surface area contributed by atoms with Crippen molar-refractivity contribution in [2.24, 2.45) is 5.73 Å². The van der Waals surface area contributed by atoms with Gasteiger partial charge in [-0.3, -0.25) is 9.59 Å². The molecule has 2 aromatic rings. The summed E-state index contributed by atoms with van der Waals surface area (Å²) in [5.74, 6) is -1.18. The van der Waals surface area contributed by atoms with E-state index < -0.39 is 17.6 Å². The summed E-state index contributed by atoms with van der Waals surface area (Å²) in [5.41, 5.74) is 11.6. The minimum absolute atomic E-state index is 0.153. The monoisotopic (exact) mass is 354 g/mol. The predicted molar refractivity (Wildman–Crippen MR) is 84.1 cm³/mol. The number of thiophene rings is 1. The highest BCUT2D eigenvalue weighted by Crippen LogP contribution is 2.41. The number of ketones is 1. The Kier molecular flexibility index (Phi) is 3.87. The second kappa shape index (κ2) is 5.62. The molecule has 4 nitrogen and oxygen atoms in total. The predicted octanol–water partition coefficient (Wildman–Crippen LogP) is 3.36. The number of carbonyl (C=O) groups is 2. The van der Waals surface area contributed by atoms with Crippen LogP contribution in [0.5, 0.6) is 0 Å². The number of carbonyl (C=O) groups excluding carboxylic acids is 2. The molecule has 0 spiro atoms. The van der Waals surface area contributed by atoms with Gasteiger partial charge in [0.2, 0.25) is 0 Å². The molecule has 1 heterocycles. The fraction of sp³-hybridized carbons (Fsp3) is 0.250. The van der Waals surface area contributed by atoms with E-state index in [4.69, 9.17) is 11.5 Å². The number of nitrogen functional groups attached to an aromatic ring is 1. The zero-order valence-corrected chi connectivity index (χ0v) is 13.1. The lowest BCUT2D eigenvalue weighted by Crippen LogP contribution is -2.21. The highest BCUT2D eigenvalue weighted by atomic mass is 32.1. The third-order valence-electron chi connectivity index (χ3n) is 4.13. The van der Waals surface area contributed by atoms with Crippen molar-refractivity contribution in [3.05, 3.63) is 51.4 Å². The van der Waals surface area contributed by atoms with Gasteiger partial charge in [-0.25, -0.2) is 0 Å². The zero-order chi connectivity index (χ0) is 17.6. The minimum atomic E-state index is -4.41. The Labute approximate surface area is 139 Å². The van der Waals surface area contributed by atoms with E-state index in [1.54, 1.807) is 0 Å². The van der Waals surface area contributed by atoms with Gasteiger partial charge in [0.1, 0.15) is 0 Å². The summed E-state index contributed by atoms with van der Waals surface area (Å²) >= 11 is 1.03. The van der Waals surface area contributed by atoms with E-state index in [0.717, 1.165) is 23.5 Å². The van der Waals surface area contributed by atoms with Gasteiger partial charge < -0.3 is 11.5 Å². The van der Waals surface area contributed by atoms with E-state index in [-0.39, 0.29) is 28.7 Å². The fourth-order valence-corrected chi connectivity index (χ4v) is 4.04. The van der Waals surface area contributed by atoms with Gasteiger partial charge in [0.15, 0.2) is 5.78 Å². The lowest BCUT2D eigenvalue weighted by Gasteiger charge is -2.22. The van der Waals surface area contributed by atoms with Gasteiger partial charge in [-0.1, -0.05) is 12.1 Å². The van der Waals surface area contributed by atoms with Crippen LogP contribution in [0.1, 0.15) is 49.1 Å². The maximum Gasteiger partial charge on any atom is 0.416 e. The molecule has 0 aliphatic heterocycles. The molecule has 4 N–H and O–H groups in total. The third kappa shape index (κ3) is 2.77. The topological polar surface area (TPSA) is 86.2 Å². The molecule has 0 saturated heterocycles. The van der Waals surface area contributed by atoms with Crippen molar-refractivity contribution >= 4 is 28.0 Å². The van der Waals surface area contributed by atoms with Crippen LogP contribution in [-0.4, -0.2) is 11.7 Å². The minimum Gasteiger partial charge on any atom is -0.390 e. The number of nitrogens with two attached hydrogens (primary N) is 2. The SMILES string of the molecule is NC(=O)c1c(N)sc2c1CC(c1ccc(C(F)(F)F)cc1)CC2=O. The number of fused-ring (bicyclic) bond motifs is 1. The summed E-state index contributed by atoms with van der Waals surface area (Å²) < 4.78 is 37.9. The standard InChI is InChI=1S/C16H13F3N2O2S/c17-16(18,19)9-3-1-7(2-4-9)8-5-10-12(14(20)23)15(21)24-13(10)11(22)6-8/h1-4,8H,5-6,21H2,(H2,20,23). The number of halogens is 3. The number of hydrogen-bond donors (Lipinski definition) is 2. The summed E-state index contributed by atoms with van der Waals surface area (Å²) in [6.07, 6.45) is -3.90. The van der Waals surface area contributed by atoms with Crippen molar-refractivity contribution in [2.45, 2.75) is 24.9 Å². The van der Waals surface area contributed by atoms with Crippen LogP contribution in [0, 0.1) is 0 Å². The second-order valence-electron chi connectivity index (χ2n) is 5.66. The van der Waals surface area contributed by atoms with Gasteiger partial charge >= 0.3 is 6.18 Å². The number of hydrogen-bond acceptors (Lipinski definition) is 4. The van der Waals surface area contributed by atoms with Crippen LogP contribution in [0.3, 0.4) is 0 Å². The number of alkyl halides is 3. The van der Waals surface area contributed by atoms with Crippen molar-refractivity contribution in [1.82, 2.24) is 0 Å². The molecule has 0 saturated carbocycles. The van der Waals surface area contributed by atoms with Crippen LogP contribution in [0.25, 0.3) is 0 Å². The Bertz CT molecular complexity index is 825. The highest BCUT2D eigenvalue weighted by molar-refractivity contribution is 7.18. The van der Waals surface area contributed by atoms with Gasteiger partial charge in [0.25, 0.3) is 5.91 Å². The Hall–Kier alpha value is -2.35. The largest absolute Gasteiger partial charge is 0.416 e. The third-order valence-corrected chi connectivity index (χ3v) is 5.23. The summed E-state index contributed by atoms with van der Waals surface area (Å²) in [4.78, 5) is 24.3. The molecule has 1 unspecified atom stereocenters. The van der Waals surface area contributed by atoms with Crippen molar-refractivity contribution in [3.8, 4) is 0 Å². The molecule has 0 bridgehead atoms. The maximum atomic E-state index is 12.6. The molecule has 1 aliphatic rings. The molecular weight excluding hydrogens is 341 g/mol. The average Bonchev–Trinajstić information content (AvgIpc) is 2.83. The first-order chi connectivity index (χ1) is 11.2. The van der Waals surface area contributed by atoms with Crippen molar-refractivity contribution < 1.29 is 22.8 Å². The van der Waals surface area contributed by atoms with E-state index in [1.165, 1.54) is 12.1 Å². The normalized spacial score (nSPS) is 17.6. The molecule has 1 amide bonds. The molecular formula is C16H13F3N2O2S. The second-order valence-corrected chi connectivity index (χ2v) is 6.71. The van der Waals surface area contributed by atoms with Gasteiger partial charge in [0, 0.05) is 6.42 Å². The van der Waals surface area contributed by atoms with E-state index >= 15 is 0 Å². The zero-order valence-electron chi connectivity index (χ0n) is 12.3. The number of Topliss-reactive ketones (excluding diaryl/α,β-unsaturated/α-hetero) is 1. The Morgan fingerprint density at radius 2 is 1.79 bits per heavy atom. The number of primary amides is 1. The Morgan fingerprint density at radius 3 is 2.33 bits per heavy atom. The maximum absolute atomic E-state index is 12.6. The summed E-state index contributed by atoms with van der Waals surface area (Å²) in [7, 11) is 0. The molecule has 1 aromatic carbocycles. The molecule has 126 valence electrons. The van der Waals surface area contributed by atoms with Gasteiger partial charge in [-0.05, 0) is 35.6 Å². The first kappa shape index (κ1) is 16.5. The lowest BCUT2D eigenvalue weighted by molar-refractivity contribution is -0.137. The van der Waals surface area contributed by atoms with Crippen LogP contribution in [0.2, 0.25) is 0 Å². The fourth-order valence-electron chi connectivity index (χ4n) is 2.99. The van der Waals surface area contributed by atoms with Crippen molar-refractivity contribution in [3.63, 3.8) is 0 Å². The number of anilines is 1. The first-order valence-electron chi connectivity index (χ1n) is 7.09. The summed E-state index contributed by atoms with van der Waals surface area (Å²) in [5, 5.41) is 0.203. The Morgan fingerprint density at radius 1 is 1.17 bits per heavy atom. The van der Waals surface area contributed by atoms with Crippen LogP contribution in [-0.2, 0) is 12.6 Å². The Balaban J connectivity index is 1.96. The molecule has 8 heteroatoms. The van der Waals surface area contributed by atoms with E-state index in [0.29, 0.717) is 22.4 Å². The van der Waals surface area contributed by atoms with Crippen LogP contribution in [0.4, 0.5) is 18.2 Å². The summed E-state index contributed by atoms with van der Waals surface area (Å²) in [6.45, 7) is 0. The molecule has 1 aliphatic carbocycles. The van der Waals surface area contributed by atoms with Crippen LogP contribution < -0.4 is 11.5 Å². The van der Waals surface area contributed by atoms with Gasteiger partial charge in [-0.2, -0.15) is 13.2 Å². The first-order valence-corrected chi connectivity index (χ1v) is 7.91. The molecule has 1 atom stereocenters. The van der Waals surface area contributed by atoms with Crippen LogP contribution in [0.15, 0.2) is 24.3 Å². The van der Waals surface area contributed by atoms with E-state index in [1.807, 2.05) is 0 Å². The molecule has 1 aromatic heterocycles. The summed E-state index contributed by atoms with van der Waals surface area (Å²) in [6, 6.07) is 4.72. The van der Waals surface area contributed by atoms with E-state index in [9.17, 15) is 22.8 Å². The highest BCUT2D eigenvalue weighted by Gasteiger charge is 2.34. The number of rotatable bonds is 2. The van der Waals surface area contributed by atoms with Crippen molar-refractivity contribution in [1.29, 1.82) is 0 Å². The molecule has 3 rings (SSSR count). The van der Waals surface area contributed by atoms with Gasteiger partial charge in [0.05, 0.1) is 21.0 Å². The smallest absolute Gasteiger partial charge is 0.390 e. The van der Waals surface area contributed by atoms with E-state index in [2.05, 4.69) is 0 Å². The van der Waals surface area contributed by atoms with Crippen LogP contribution >= 0.6 is 11.3 Å². The molecule has 24 heavy (non-hydrogen) atoms. The average molecular weight is 354 g/mol. The quantitative estimate of drug-likeness (QED) is 0.867. The van der Waals surface area contributed by atoms with Gasteiger partial charge in [-0.15, -0.1) is 11.3 Å². The molecule has 0 fully saturated rings. The molecule has 0 radical (unpaired) electrons.